The van der Waals surface area contributed by atoms with Crippen molar-refractivity contribution in [2.75, 3.05) is 0 Å². The number of nitrogens with zero attached hydrogens (tertiary/aromatic N) is 2. The van der Waals surface area contributed by atoms with Crippen molar-refractivity contribution in [2.24, 2.45) is 0 Å². The maximum Gasteiger partial charge on any atom is 0.0167 e. The predicted octanol–water partition coefficient (Wildman–Crippen LogP) is 12.2. The molecule has 0 N–H and O–H groups in total. The summed E-state index contributed by atoms with van der Waals surface area (Å²) in [6.45, 7) is 11.5. The van der Waals surface area contributed by atoms with E-state index in [9.17, 15) is 0 Å². The molecule has 0 aliphatic heterocycles. The van der Waals surface area contributed by atoms with Crippen LogP contribution in [0.5, 0.6) is 0 Å². The number of hydrogen-bond donors (Lipinski definition) is 0. The molecule has 0 fully saturated rings. The van der Waals surface area contributed by atoms with Gasteiger partial charge in [-0.3, -0.25) is 0 Å². The molecule has 8 aromatic rings. The van der Waals surface area contributed by atoms with E-state index >= 15 is 0 Å². The molecule has 0 spiro atoms. The Balaban J connectivity index is 0.000000255. The Morgan fingerprint density at radius 1 is 0.560 bits per heavy atom. The number of pyridine rings is 2. The molecular weight excluding hydrogens is 785 g/mol. The van der Waals surface area contributed by atoms with E-state index in [2.05, 4.69) is 137 Å². The smallest absolute Gasteiger partial charge is 0.0167 e. The van der Waals surface area contributed by atoms with Crippen LogP contribution in [0.3, 0.4) is 0 Å². The second-order valence-electron chi connectivity index (χ2n) is 14.5. The largest absolute Gasteiger partial charge is 0.305 e. The zero-order chi connectivity index (χ0) is 33.8. The summed E-state index contributed by atoms with van der Waals surface area (Å²) in [6, 6.07) is 51.8. The van der Waals surface area contributed by atoms with E-state index in [1.54, 1.807) is 6.20 Å². The van der Waals surface area contributed by atoms with Gasteiger partial charge < -0.3 is 9.97 Å². The van der Waals surface area contributed by atoms with Crippen LogP contribution in [0.25, 0.3) is 66.0 Å². The Morgan fingerprint density at radius 3 is 2.06 bits per heavy atom. The molecule has 0 bridgehead atoms. The molecule has 0 atom stereocenters. The van der Waals surface area contributed by atoms with Gasteiger partial charge in [-0.2, -0.15) is 0 Å². The standard InChI is InChI=1S/C36H30N.C11H8N.Ir/c1-35(2,3)24-12-15-25-22(20-24)10-13-27-26(25)16-17-31-28(27)18-19-37-34(31)23-11-14-30-29-8-6-7-9-32(29)36(4,5)33(30)21-23;1-2-6-10(7-3-1)11-8-4-5-9-12-11;/h6-10,12-21H,1-5H3;1-6,8-9H;/q2*-1;. The van der Waals surface area contributed by atoms with Crippen molar-refractivity contribution in [1.82, 2.24) is 9.97 Å². The monoisotopic (exact) mass is 823 g/mol. The van der Waals surface area contributed by atoms with Crippen LogP contribution in [0, 0.1) is 12.1 Å². The zero-order valence-electron chi connectivity index (χ0n) is 29.0. The van der Waals surface area contributed by atoms with Gasteiger partial charge in [0.15, 0.2) is 0 Å². The first-order valence-corrected chi connectivity index (χ1v) is 17.0. The van der Waals surface area contributed by atoms with Gasteiger partial charge >= 0.3 is 0 Å². The third-order valence-corrected chi connectivity index (χ3v) is 10.0. The first-order valence-electron chi connectivity index (χ1n) is 17.0. The van der Waals surface area contributed by atoms with Gasteiger partial charge in [-0.15, -0.1) is 65.2 Å². The van der Waals surface area contributed by atoms with Crippen LogP contribution in [-0.4, -0.2) is 9.97 Å². The molecule has 2 nitrogen and oxygen atoms in total. The molecule has 0 unspecified atom stereocenters. The van der Waals surface area contributed by atoms with Crippen molar-refractivity contribution in [3.63, 3.8) is 0 Å². The molecule has 1 aliphatic rings. The van der Waals surface area contributed by atoms with Gasteiger partial charge in [0, 0.05) is 32.5 Å². The molecule has 1 aliphatic carbocycles. The average molecular weight is 823 g/mol. The van der Waals surface area contributed by atoms with Crippen molar-refractivity contribution in [3.8, 4) is 33.6 Å². The normalized spacial score (nSPS) is 12.9. The Labute approximate surface area is 308 Å². The van der Waals surface area contributed by atoms with Gasteiger partial charge in [0.25, 0.3) is 0 Å². The number of hydrogen-bond acceptors (Lipinski definition) is 2. The van der Waals surface area contributed by atoms with E-state index in [1.165, 1.54) is 60.1 Å². The van der Waals surface area contributed by atoms with Crippen LogP contribution in [0.15, 0.2) is 140 Å². The van der Waals surface area contributed by atoms with Crippen LogP contribution in [0.4, 0.5) is 0 Å². The third-order valence-electron chi connectivity index (χ3n) is 10.0. The van der Waals surface area contributed by atoms with Gasteiger partial charge in [-0.1, -0.05) is 125 Å². The maximum atomic E-state index is 4.88. The third kappa shape index (κ3) is 5.85. The van der Waals surface area contributed by atoms with Gasteiger partial charge in [0.1, 0.15) is 0 Å². The summed E-state index contributed by atoms with van der Waals surface area (Å²) in [4.78, 5) is 9.09. The fourth-order valence-corrected chi connectivity index (χ4v) is 7.34. The molecule has 247 valence electrons. The number of benzene rings is 6. The Kier molecular flexibility index (Phi) is 8.76. The molecule has 6 aromatic carbocycles. The molecule has 2 heterocycles. The molecule has 1 radical (unpaired) electrons. The van der Waals surface area contributed by atoms with Crippen molar-refractivity contribution >= 4 is 32.3 Å². The van der Waals surface area contributed by atoms with Gasteiger partial charge in [-0.25, -0.2) is 0 Å². The fraction of sp³-hybridized carbons (Fsp3) is 0.149. The molecule has 50 heavy (non-hydrogen) atoms. The minimum Gasteiger partial charge on any atom is -0.305 e. The van der Waals surface area contributed by atoms with Gasteiger partial charge in [-0.05, 0) is 77.8 Å². The van der Waals surface area contributed by atoms with E-state index in [-0.39, 0.29) is 30.9 Å². The van der Waals surface area contributed by atoms with E-state index in [0.29, 0.717) is 0 Å². The quantitative estimate of drug-likeness (QED) is 0.128. The topological polar surface area (TPSA) is 25.8 Å². The molecule has 2 aromatic heterocycles. The van der Waals surface area contributed by atoms with E-state index < -0.39 is 0 Å². The first-order chi connectivity index (χ1) is 23.7. The number of rotatable bonds is 2. The summed E-state index contributed by atoms with van der Waals surface area (Å²) >= 11 is 0. The molecule has 0 saturated carbocycles. The van der Waals surface area contributed by atoms with Gasteiger partial charge in [0.2, 0.25) is 0 Å². The Hall–Kier alpha value is -4.95. The van der Waals surface area contributed by atoms with Crippen molar-refractivity contribution < 1.29 is 20.1 Å². The molecular formula is C47H38IrN2-2. The van der Waals surface area contributed by atoms with Crippen LogP contribution in [0.2, 0.25) is 0 Å². The van der Waals surface area contributed by atoms with Crippen LogP contribution < -0.4 is 0 Å². The van der Waals surface area contributed by atoms with Crippen molar-refractivity contribution in [2.45, 2.75) is 45.4 Å². The number of aromatic nitrogens is 2. The van der Waals surface area contributed by atoms with Crippen LogP contribution in [0.1, 0.15) is 51.3 Å². The summed E-state index contributed by atoms with van der Waals surface area (Å²) in [6.07, 6.45) is 3.74. The van der Waals surface area contributed by atoms with Gasteiger partial charge in [0.05, 0.1) is 0 Å². The van der Waals surface area contributed by atoms with Crippen LogP contribution in [-0.2, 0) is 30.9 Å². The second-order valence-corrected chi connectivity index (χ2v) is 14.5. The zero-order valence-corrected chi connectivity index (χ0v) is 31.4. The van der Waals surface area contributed by atoms with Crippen molar-refractivity contribution in [3.05, 3.63) is 169 Å². The SMILES string of the molecule is CC(C)(C)c1ccc2c(ccc3c4ccnc(-c5[c-]cc6c(c5)C(C)(C)c5ccccc5-6)c4ccc23)c1.[Ir].[c-]1ccccc1-c1ccccn1. The minimum atomic E-state index is -0.0438. The maximum absolute atomic E-state index is 4.88. The summed E-state index contributed by atoms with van der Waals surface area (Å²) in [5, 5.41) is 7.56. The Morgan fingerprint density at radius 2 is 1.28 bits per heavy atom. The first kappa shape index (κ1) is 33.5. The van der Waals surface area contributed by atoms with E-state index in [1.807, 2.05) is 48.7 Å². The van der Waals surface area contributed by atoms with E-state index in [0.717, 1.165) is 22.5 Å². The Bertz CT molecular complexity index is 2460. The molecule has 0 amide bonds. The van der Waals surface area contributed by atoms with Crippen molar-refractivity contribution in [1.29, 1.82) is 0 Å². The summed E-state index contributed by atoms with van der Waals surface area (Å²) in [5.74, 6) is 0. The summed E-state index contributed by atoms with van der Waals surface area (Å²) < 4.78 is 0. The number of fused-ring (bicyclic) bond motifs is 8. The molecule has 3 heteroatoms. The summed E-state index contributed by atoms with van der Waals surface area (Å²) in [5.41, 5.74) is 10.9. The fourth-order valence-electron chi connectivity index (χ4n) is 7.34. The second kappa shape index (κ2) is 13.1. The molecule has 0 saturated heterocycles. The van der Waals surface area contributed by atoms with E-state index in [4.69, 9.17) is 4.98 Å². The molecule has 9 rings (SSSR count). The minimum absolute atomic E-state index is 0. The summed E-state index contributed by atoms with van der Waals surface area (Å²) in [7, 11) is 0. The van der Waals surface area contributed by atoms with Crippen LogP contribution >= 0.6 is 0 Å². The predicted molar refractivity (Wildman–Crippen MR) is 206 cm³/mol. The average Bonchev–Trinajstić information content (AvgIpc) is 3.37.